The van der Waals surface area contributed by atoms with Gasteiger partial charge in [-0.1, -0.05) is 0 Å². The summed E-state index contributed by atoms with van der Waals surface area (Å²) in [4.78, 5) is 0. The van der Waals surface area contributed by atoms with E-state index in [1.165, 1.54) is 0 Å². The molecule has 0 saturated carbocycles. The third-order valence-corrected chi connectivity index (χ3v) is 2.89. The van der Waals surface area contributed by atoms with E-state index in [0.29, 0.717) is 6.04 Å². The summed E-state index contributed by atoms with van der Waals surface area (Å²) in [6, 6.07) is 10.5. The van der Waals surface area contributed by atoms with E-state index in [0.717, 1.165) is 23.7 Å². The molecular formula is C16H23N3O. The van der Waals surface area contributed by atoms with Gasteiger partial charge >= 0.3 is 0 Å². The molecule has 0 atom stereocenters. The maximum atomic E-state index is 5.62. The molecule has 108 valence electrons. The van der Waals surface area contributed by atoms with Crippen LogP contribution in [0.2, 0.25) is 0 Å². The molecule has 1 aromatic heterocycles. The average molecular weight is 273 g/mol. The lowest BCUT2D eigenvalue weighted by Gasteiger charge is -2.10. The van der Waals surface area contributed by atoms with Crippen LogP contribution in [0.5, 0.6) is 5.75 Å². The normalized spacial score (nSPS) is 11.1. The highest BCUT2D eigenvalue weighted by atomic mass is 16.5. The molecule has 20 heavy (non-hydrogen) atoms. The summed E-state index contributed by atoms with van der Waals surface area (Å²) in [5, 5.41) is 7.87. The minimum absolute atomic E-state index is 0.203. The number of nitrogens with zero attached hydrogens (tertiary/aromatic N) is 2. The number of aromatic nitrogens is 2. The van der Waals surface area contributed by atoms with E-state index in [1.54, 1.807) is 0 Å². The van der Waals surface area contributed by atoms with Gasteiger partial charge in [-0.3, -0.25) is 4.68 Å². The number of nitrogens with one attached hydrogen (secondary N) is 1. The molecule has 0 fully saturated rings. The van der Waals surface area contributed by atoms with Crippen molar-refractivity contribution >= 4 is 5.69 Å². The summed E-state index contributed by atoms with van der Waals surface area (Å²) >= 11 is 0. The molecule has 2 rings (SSSR count). The van der Waals surface area contributed by atoms with Crippen LogP contribution < -0.4 is 10.1 Å². The second kappa shape index (κ2) is 6.46. The zero-order valence-corrected chi connectivity index (χ0v) is 12.6. The maximum Gasteiger partial charge on any atom is 0.119 e. The van der Waals surface area contributed by atoms with Gasteiger partial charge in [0, 0.05) is 17.9 Å². The van der Waals surface area contributed by atoms with Crippen LogP contribution in [0.25, 0.3) is 0 Å². The van der Waals surface area contributed by atoms with Crippen molar-refractivity contribution in [3.8, 4) is 5.75 Å². The minimum Gasteiger partial charge on any atom is -0.491 e. The van der Waals surface area contributed by atoms with Crippen LogP contribution in [-0.2, 0) is 6.54 Å². The van der Waals surface area contributed by atoms with Crippen molar-refractivity contribution in [2.24, 2.45) is 0 Å². The second-order valence-corrected chi connectivity index (χ2v) is 5.43. The van der Waals surface area contributed by atoms with Gasteiger partial charge in [-0.05, 0) is 58.0 Å². The van der Waals surface area contributed by atoms with E-state index in [1.807, 2.05) is 55.1 Å². The van der Waals surface area contributed by atoms with Gasteiger partial charge in [0.1, 0.15) is 5.75 Å². The van der Waals surface area contributed by atoms with Crippen LogP contribution >= 0.6 is 0 Å². The van der Waals surface area contributed by atoms with Crippen LogP contribution in [0.15, 0.2) is 36.5 Å². The standard InChI is InChI=1S/C16H23N3O/c1-12(2)19-10-9-15(18-19)11-17-14-5-7-16(8-6-14)20-13(3)4/h5-10,12-13,17H,11H2,1-4H3. The van der Waals surface area contributed by atoms with Crippen LogP contribution in [0, 0.1) is 0 Å². The first-order valence-corrected chi connectivity index (χ1v) is 7.09. The summed E-state index contributed by atoms with van der Waals surface area (Å²) in [7, 11) is 0. The van der Waals surface area contributed by atoms with Crippen molar-refractivity contribution in [3.63, 3.8) is 0 Å². The molecule has 0 bridgehead atoms. The zero-order chi connectivity index (χ0) is 14.5. The zero-order valence-electron chi connectivity index (χ0n) is 12.6. The lowest BCUT2D eigenvalue weighted by molar-refractivity contribution is 0.242. The molecule has 0 amide bonds. The second-order valence-electron chi connectivity index (χ2n) is 5.43. The molecule has 0 spiro atoms. The lowest BCUT2D eigenvalue weighted by atomic mass is 10.3. The number of anilines is 1. The van der Waals surface area contributed by atoms with Gasteiger partial charge in [0.05, 0.1) is 18.3 Å². The molecule has 1 heterocycles. The number of rotatable bonds is 6. The smallest absolute Gasteiger partial charge is 0.119 e. The van der Waals surface area contributed by atoms with Gasteiger partial charge in [-0.15, -0.1) is 0 Å². The Morgan fingerprint density at radius 3 is 2.35 bits per heavy atom. The van der Waals surface area contributed by atoms with Crippen molar-refractivity contribution in [1.82, 2.24) is 9.78 Å². The van der Waals surface area contributed by atoms with Crippen molar-refractivity contribution in [2.75, 3.05) is 5.32 Å². The molecule has 0 unspecified atom stereocenters. The van der Waals surface area contributed by atoms with E-state index >= 15 is 0 Å². The Labute approximate surface area is 120 Å². The SMILES string of the molecule is CC(C)Oc1ccc(NCc2ccn(C(C)C)n2)cc1. The number of benzene rings is 1. The average Bonchev–Trinajstić information content (AvgIpc) is 2.86. The molecule has 4 heteroatoms. The van der Waals surface area contributed by atoms with E-state index in [2.05, 4.69) is 24.3 Å². The van der Waals surface area contributed by atoms with E-state index in [9.17, 15) is 0 Å². The van der Waals surface area contributed by atoms with Gasteiger partial charge in [0.25, 0.3) is 0 Å². The highest BCUT2D eigenvalue weighted by Crippen LogP contribution is 2.17. The van der Waals surface area contributed by atoms with Crippen molar-refractivity contribution in [2.45, 2.75) is 46.4 Å². The molecule has 4 nitrogen and oxygen atoms in total. The first-order valence-electron chi connectivity index (χ1n) is 7.09. The van der Waals surface area contributed by atoms with Crippen LogP contribution in [0.3, 0.4) is 0 Å². The molecular weight excluding hydrogens is 250 g/mol. The number of hydrogen-bond donors (Lipinski definition) is 1. The summed E-state index contributed by atoms with van der Waals surface area (Å²) in [6.07, 6.45) is 2.22. The highest BCUT2D eigenvalue weighted by Gasteiger charge is 2.02. The third-order valence-electron chi connectivity index (χ3n) is 2.89. The minimum atomic E-state index is 0.203. The van der Waals surface area contributed by atoms with Gasteiger partial charge in [0.15, 0.2) is 0 Å². The van der Waals surface area contributed by atoms with Crippen LogP contribution in [0.1, 0.15) is 39.4 Å². The topological polar surface area (TPSA) is 39.1 Å². The van der Waals surface area contributed by atoms with Gasteiger partial charge in [-0.2, -0.15) is 5.10 Å². The van der Waals surface area contributed by atoms with E-state index in [4.69, 9.17) is 4.74 Å². The third kappa shape index (κ3) is 4.02. The predicted molar refractivity (Wildman–Crippen MR) is 82.1 cm³/mol. The molecule has 1 aromatic carbocycles. The molecule has 0 aliphatic carbocycles. The summed E-state index contributed by atoms with van der Waals surface area (Å²) in [5.41, 5.74) is 2.11. The van der Waals surface area contributed by atoms with Crippen molar-refractivity contribution in [1.29, 1.82) is 0 Å². The Kier molecular flexibility index (Phi) is 4.66. The quantitative estimate of drug-likeness (QED) is 0.868. The molecule has 0 aliphatic rings. The van der Waals surface area contributed by atoms with E-state index in [-0.39, 0.29) is 6.10 Å². The van der Waals surface area contributed by atoms with Crippen molar-refractivity contribution < 1.29 is 4.74 Å². The first kappa shape index (κ1) is 14.4. The molecule has 1 N–H and O–H groups in total. The number of ether oxygens (including phenoxy) is 1. The summed E-state index contributed by atoms with van der Waals surface area (Å²) in [6.45, 7) is 9.02. The van der Waals surface area contributed by atoms with Gasteiger partial charge < -0.3 is 10.1 Å². The van der Waals surface area contributed by atoms with Crippen LogP contribution in [-0.4, -0.2) is 15.9 Å². The van der Waals surface area contributed by atoms with Crippen LogP contribution in [0.4, 0.5) is 5.69 Å². The summed E-state index contributed by atoms with van der Waals surface area (Å²) < 4.78 is 7.59. The fourth-order valence-electron chi connectivity index (χ4n) is 1.88. The molecule has 0 aliphatic heterocycles. The Morgan fingerprint density at radius 1 is 1.10 bits per heavy atom. The first-order chi connectivity index (χ1) is 9.54. The molecule has 0 saturated heterocycles. The Morgan fingerprint density at radius 2 is 1.80 bits per heavy atom. The summed E-state index contributed by atoms with van der Waals surface area (Å²) in [5.74, 6) is 0.898. The monoisotopic (exact) mass is 273 g/mol. The van der Waals surface area contributed by atoms with Gasteiger partial charge in [-0.25, -0.2) is 0 Å². The number of hydrogen-bond acceptors (Lipinski definition) is 3. The predicted octanol–water partition coefficient (Wildman–Crippen LogP) is 3.86. The lowest BCUT2D eigenvalue weighted by Crippen LogP contribution is -2.06. The largest absolute Gasteiger partial charge is 0.491 e. The van der Waals surface area contributed by atoms with Gasteiger partial charge in [0.2, 0.25) is 0 Å². The Hall–Kier alpha value is -1.97. The molecule has 2 aromatic rings. The highest BCUT2D eigenvalue weighted by molar-refractivity contribution is 5.46. The van der Waals surface area contributed by atoms with E-state index < -0.39 is 0 Å². The fraction of sp³-hybridized carbons (Fsp3) is 0.438. The van der Waals surface area contributed by atoms with Crippen molar-refractivity contribution in [3.05, 3.63) is 42.2 Å². The Balaban J connectivity index is 1.90. The maximum absolute atomic E-state index is 5.62. The Bertz CT molecular complexity index is 529. The fourth-order valence-corrected chi connectivity index (χ4v) is 1.88. The molecule has 0 radical (unpaired) electrons.